The van der Waals surface area contributed by atoms with Crippen molar-refractivity contribution in [2.75, 3.05) is 11.4 Å². The Kier molecular flexibility index (Phi) is 2.58. The molecule has 1 fully saturated rings. The van der Waals surface area contributed by atoms with Gasteiger partial charge < -0.3 is 0 Å². The number of carbonyl (C=O) groups excluding carboxylic acids is 2. The van der Waals surface area contributed by atoms with Gasteiger partial charge in [-0.2, -0.15) is 0 Å². The monoisotopic (exact) mass is 245 g/mol. The van der Waals surface area contributed by atoms with Crippen LogP contribution in [0.25, 0.3) is 0 Å². The van der Waals surface area contributed by atoms with Crippen LogP contribution in [-0.2, 0) is 9.59 Å². The van der Waals surface area contributed by atoms with E-state index in [-0.39, 0.29) is 40.6 Å². The van der Waals surface area contributed by atoms with Gasteiger partial charge in [-0.25, -0.2) is 9.97 Å². The van der Waals surface area contributed by atoms with Gasteiger partial charge >= 0.3 is 0 Å². The smallest absolute Gasteiger partial charge is 0.235 e. The third-order valence-corrected chi connectivity index (χ3v) is 2.54. The van der Waals surface area contributed by atoms with Gasteiger partial charge in [0.2, 0.25) is 5.91 Å². The molecule has 78 valence electrons. The van der Waals surface area contributed by atoms with Crippen molar-refractivity contribution in [3.8, 4) is 0 Å². The van der Waals surface area contributed by atoms with Crippen LogP contribution in [0.3, 0.4) is 0 Å². The van der Waals surface area contributed by atoms with Gasteiger partial charge in [0.25, 0.3) is 0 Å². The Morgan fingerprint density at radius 1 is 1.20 bits per heavy atom. The van der Waals surface area contributed by atoms with E-state index < -0.39 is 0 Å². The number of anilines is 1. The number of nitrogens with zero attached hydrogens (tertiary/aromatic N) is 3. The summed E-state index contributed by atoms with van der Waals surface area (Å²) < 4.78 is 0. The normalized spacial score (nSPS) is 16.3. The Bertz CT molecular complexity index is 429. The standard InChI is InChI=1S/C8H5Cl2N3O2/c9-7-6(8(10)12-3-11-7)13-2-4(14)1-5(13)15/h3H,1-2H2. The summed E-state index contributed by atoms with van der Waals surface area (Å²) in [4.78, 5) is 31.1. The summed E-state index contributed by atoms with van der Waals surface area (Å²) in [6, 6.07) is 0. The molecule has 2 rings (SSSR count). The average Bonchev–Trinajstić information content (AvgIpc) is 2.45. The largest absolute Gasteiger partial charge is 0.299 e. The van der Waals surface area contributed by atoms with Crippen LogP contribution >= 0.6 is 23.2 Å². The second-order valence-corrected chi connectivity index (χ2v) is 3.72. The Morgan fingerprint density at radius 3 is 2.27 bits per heavy atom. The predicted molar refractivity (Wildman–Crippen MR) is 54.0 cm³/mol. The van der Waals surface area contributed by atoms with Gasteiger partial charge in [-0.05, 0) is 0 Å². The molecule has 5 nitrogen and oxygen atoms in total. The predicted octanol–water partition coefficient (Wildman–Crippen LogP) is 1.09. The highest BCUT2D eigenvalue weighted by atomic mass is 35.5. The summed E-state index contributed by atoms with van der Waals surface area (Å²) in [6.45, 7) is -0.0222. The van der Waals surface area contributed by atoms with Crippen LogP contribution in [0, 0.1) is 0 Å². The molecule has 1 aliphatic rings. The van der Waals surface area contributed by atoms with Crippen molar-refractivity contribution in [1.29, 1.82) is 0 Å². The molecule has 1 saturated heterocycles. The summed E-state index contributed by atoms with van der Waals surface area (Å²) in [5.74, 6) is -0.505. The molecule has 15 heavy (non-hydrogen) atoms. The van der Waals surface area contributed by atoms with Crippen molar-refractivity contribution < 1.29 is 9.59 Å². The van der Waals surface area contributed by atoms with Crippen molar-refractivity contribution in [2.24, 2.45) is 0 Å². The molecule has 1 aromatic heterocycles. The first-order valence-corrected chi connectivity index (χ1v) is 4.83. The van der Waals surface area contributed by atoms with Crippen molar-refractivity contribution in [3.05, 3.63) is 16.6 Å². The second kappa shape index (κ2) is 3.75. The summed E-state index contributed by atoms with van der Waals surface area (Å²) in [5, 5.41) is 0.135. The zero-order valence-electron chi connectivity index (χ0n) is 7.41. The highest BCUT2D eigenvalue weighted by molar-refractivity contribution is 6.39. The first kappa shape index (κ1) is 10.3. The summed E-state index contributed by atoms with van der Waals surface area (Å²) in [7, 11) is 0. The molecule has 0 spiro atoms. The van der Waals surface area contributed by atoms with E-state index in [0.717, 1.165) is 0 Å². The highest BCUT2D eigenvalue weighted by Crippen LogP contribution is 2.32. The van der Waals surface area contributed by atoms with Crippen LogP contribution in [0.2, 0.25) is 10.3 Å². The molecular weight excluding hydrogens is 241 g/mol. The maximum atomic E-state index is 11.4. The van der Waals surface area contributed by atoms with E-state index in [4.69, 9.17) is 23.2 Å². The maximum Gasteiger partial charge on any atom is 0.235 e. The minimum atomic E-state index is -0.335. The average molecular weight is 246 g/mol. The van der Waals surface area contributed by atoms with Gasteiger partial charge in [0.15, 0.2) is 16.1 Å². The molecule has 1 amide bonds. The number of hydrogen-bond donors (Lipinski definition) is 0. The topological polar surface area (TPSA) is 63.2 Å². The SMILES string of the molecule is O=C1CC(=O)N(c2c(Cl)ncnc2Cl)C1. The second-order valence-electron chi connectivity index (χ2n) is 3.00. The summed E-state index contributed by atoms with van der Waals surface area (Å²) in [6.07, 6.45) is 1.07. The molecule has 1 aliphatic heterocycles. The van der Waals surface area contributed by atoms with Gasteiger partial charge in [-0.3, -0.25) is 14.5 Å². The molecule has 0 aliphatic carbocycles. The van der Waals surface area contributed by atoms with Crippen LogP contribution < -0.4 is 4.90 Å². The van der Waals surface area contributed by atoms with Crippen LogP contribution in [0.1, 0.15) is 6.42 Å². The molecule has 0 unspecified atom stereocenters. The fourth-order valence-electron chi connectivity index (χ4n) is 1.35. The summed E-state index contributed by atoms with van der Waals surface area (Å²) in [5.41, 5.74) is 0.205. The Hall–Kier alpha value is -1.20. The van der Waals surface area contributed by atoms with Crippen LogP contribution in [0.5, 0.6) is 0 Å². The third-order valence-electron chi connectivity index (χ3n) is 1.99. The first-order valence-electron chi connectivity index (χ1n) is 4.07. The van der Waals surface area contributed by atoms with E-state index in [0.29, 0.717) is 0 Å². The number of Topliss-reactive ketones (excluding diaryl/α,β-unsaturated/α-hetero) is 1. The lowest BCUT2D eigenvalue weighted by Gasteiger charge is -2.15. The molecule has 0 bridgehead atoms. The lowest BCUT2D eigenvalue weighted by molar-refractivity contribution is -0.121. The van der Waals surface area contributed by atoms with Crippen molar-refractivity contribution >= 4 is 40.6 Å². The van der Waals surface area contributed by atoms with Crippen LogP contribution in [0.4, 0.5) is 5.69 Å². The number of halogens is 2. The molecule has 0 saturated carbocycles. The zero-order valence-corrected chi connectivity index (χ0v) is 8.92. The molecule has 7 heteroatoms. The minimum absolute atomic E-state index is 0.0222. The first-order chi connectivity index (χ1) is 7.09. The quantitative estimate of drug-likeness (QED) is 0.549. The molecule has 2 heterocycles. The van der Waals surface area contributed by atoms with Crippen LogP contribution in [0.15, 0.2) is 6.33 Å². The third kappa shape index (κ3) is 1.80. The van der Waals surface area contributed by atoms with E-state index in [1.54, 1.807) is 0 Å². The number of carbonyl (C=O) groups is 2. The fourth-order valence-corrected chi connectivity index (χ4v) is 1.87. The Labute approximate surface area is 95.0 Å². The molecule has 0 atom stereocenters. The Morgan fingerprint density at radius 2 is 1.80 bits per heavy atom. The minimum Gasteiger partial charge on any atom is -0.299 e. The molecule has 1 aromatic rings. The van der Waals surface area contributed by atoms with Crippen molar-refractivity contribution in [3.63, 3.8) is 0 Å². The number of rotatable bonds is 1. The van der Waals surface area contributed by atoms with Gasteiger partial charge in [0, 0.05) is 0 Å². The van der Waals surface area contributed by atoms with E-state index in [9.17, 15) is 9.59 Å². The number of aromatic nitrogens is 2. The number of hydrogen-bond acceptors (Lipinski definition) is 4. The van der Waals surface area contributed by atoms with Crippen LogP contribution in [-0.4, -0.2) is 28.2 Å². The van der Waals surface area contributed by atoms with E-state index in [1.807, 2.05) is 0 Å². The highest BCUT2D eigenvalue weighted by Gasteiger charge is 2.32. The van der Waals surface area contributed by atoms with E-state index in [1.165, 1.54) is 11.2 Å². The molecule has 0 radical (unpaired) electrons. The van der Waals surface area contributed by atoms with Gasteiger partial charge in [-0.15, -0.1) is 0 Å². The molecule has 0 N–H and O–H groups in total. The number of ketones is 1. The van der Waals surface area contributed by atoms with E-state index >= 15 is 0 Å². The molecular formula is C8H5Cl2N3O2. The van der Waals surface area contributed by atoms with E-state index in [2.05, 4.69) is 9.97 Å². The Balaban J connectivity index is 2.46. The van der Waals surface area contributed by atoms with Gasteiger partial charge in [-0.1, -0.05) is 23.2 Å². The fraction of sp³-hybridized carbons (Fsp3) is 0.250. The zero-order chi connectivity index (χ0) is 11.0. The lowest BCUT2D eigenvalue weighted by atomic mass is 10.3. The number of amides is 1. The van der Waals surface area contributed by atoms with Gasteiger partial charge in [0.1, 0.15) is 12.0 Å². The maximum absolute atomic E-state index is 11.4. The van der Waals surface area contributed by atoms with Crippen molar-refractivity contribution in [1.82, 2.24) is 9.97 Å². The summed E-state index contributed by atoms with van der Waals surface area (Å²) >= 11 is 11.6. The lowest BCUT2D eigenvalue weighted by Crippen LogP contribution is -2.25. The molecule has 0 aromatic carbocycles. The van der Waals surface area contributed by atoms with Gasteiger partial charge in [0.05, 0.1) is 13.0 Å². The van der Waals surface area contributed by atoms with Crippen molar-refractivity contribution in [2.45, 2.75) is 6.42 Å².